The van der Waals surface area contributed by atoms with Crippen molar-refractivity contribution in [3.05, 3.63) is 35.7 Å². The lowest BCUT2D eigenvalue weighted by atomic mass is 10.1. The van der Waals surface area contributed by atoms with E-state index in [-0.39, 0.29) is 12.6 Å². The molecule has 0 fully saturated rings. The zero-order valence-electron chi connectivity index (χ0n) is 11.1. The van der Waals surface area contributed by atoms with Gasteiger partial charge in [-0.05, 0) is 25.8 Å². The SMILES string of the molecule is CCc1ccc(-c2nnc(CO)n2C(C)C)cc1. The van der Waals surface area contributed by atoms with E-state index in [1.54, 1.807) is 0 Å². The molecule has 4 heteroatoms. The number of aliphatic hydroxyl groups excluding tert-OH is 1. The molecule has 0 aliphatic heterocycles. The van der Waals surface area contributed by atoms with E-state index in [1.807, 2.05) is 4.57 Å². The van der Waals surface area contributed by atoms with E-state index < -0.39 is 0 Å². The molecule has 4 nitrogen and oxygen atoms in total. The van der Waals surface area contributed by atoms with Crippen molar-refractivity contribution in [1.29, 1.82) is 0 Å². The highest BCUT2D eigenvalue weighted by atomic mass is 16.3. The third-order valence-corrected chi connectivity index (χ3v) is 3.04. The quantitative estimate of drug-likeness (QED) is 0.900. The highest BCUT2D eigenvalue weighted by Gasteiger charge is 2.15. The molecule has 0 bridgehead atoms. The third-order valence-electron chi connectivity index (χ3n) is 3.04. The molecule has 2 aromatic rings. The van der Waals surface area contributed by atoms with E-state index in [1.165, 1.54) is 5.56 Å². The molecule has 0 radical (unpaired) electrons. The summed E-state index contributed by atoms with van der Waals surface area (Å²) < 4.78 is 1.97. The molecule has 96 valence electrons. The lowest BCUT2D eigenvalue weighted by Gasteiger charge is -2.13. The molecule has 18 heavy (non-hydrogen) atoms. The number of hydrogen-bond acceptors (Lipinski definition) is 3. The molecule has 0 aliphatic rings. The minimum absolute atomic E-state index is 0.0851. The summed E-state index contributed by atoms with van der Waals surface area (Å²) in [7, 11) is 0. The Hall–Kier alpha value is -1.68. The predicted molar refractivity (Wildman–Crippen MR) is 71.1 cm³/mol. The minimum Gasteiger partial charge on any atom is -0.388 e. The average Bonchev–Trinajstić information content (AvgIpc) is 2.82. The summed E-state index contributed by atoms with van der Waals surface area (Å²) in [5.41, 5.74) is 2.34. The Bertz CT molecular complexity index is 514. The Kier molecular flexibility index (Phi) is 3.77. The van der Waals surface area contributed by atoms with E-state index in [2.05, 4.69) is 55.2 Å². The molecular formula is C14H19N3O. The van der Waals surface area contributed by atoms with Gasteiger partial charge >= 0.3 is 0 Å². The summed E-state index contributed by atoms with van der Waals surface area (Å²) in [6.07, 6.45) is 1.03. The maximum absolute atomic E-state index is 9.29. The third kappa shape index (κ3) is 2.29. The van der Waals surface area contributed by atoms with Crippen LogP contribution in [-0.4, -0.2) is 19.9 Å². The van der Waals surface area contributed by atoms with Crippen LogP contribution < -0.4 is 0 Å². The number of aliphatic hydroxyl groups is 1. The highest BCUT2D eigenvalue weighted by Crippen LogP contribution is 2.23. The first kappa shape index (κ1) is 12.8. The van der Waals surface area contributed by atoms with Crippen molar-refractivity contribution in [1.82, 2.24) is 14.8 Å². The number of aryl methyl sites for hydroxylation is 1. The Balaban J connectivity index is 2.46. The molecule has 1 heterocycles. The van der Waals surface area contributed by atoms with E-state index in [0.717, 1.165) is 17.8 Å². The monoisotopic (exact) mass is 245 g/mol. The maximum atomic E-state index is 9.29. The van der Waals surface area contributed by atoms with Crippen LogP contribution in [0.25, 0.3) is 11.4 Å². The van der Waals surface area contributed by atoms with Crippen LogP contribution in [0.4, 0.5) is 0 Å². The number of benzene rings is 1. The van der Waals surface area contributed by atoms with Crippen molar-refractivity contribution >= 4 is 0 Å². The van der Waals surface area contributed by atoms with Crippen LogP contribution >= 0.6 is 0 Å². The Labute approximate surface area is 107 Å². The summed E-state index contributed by atoms with van der Waals surface area (Å²) >= 11 is 0. The molecule has 1 aromatic carbocycles. The average molecular weight is 245 g/mol. The molecule has 0 amide bonds. The predicted octanol–water partition coefficient (Wildman–Crippen LogP) is 2.58. The number of hydrogen-bond donors (Lipinski definition) is 1. The van der Waals surface area contributed by atoms with Crippen molar-refractivity contribution in [3.63, 3.8) is 0 Å². The molecule has 0 spiro atoms. The van der Waals surface area contributed by atoms with Crippen LogP contribution in [0.2, 0.25) is 0 Å². The Morgan fingerprint density at radius 2 is 1.83 bits per heavy atom. The topological polar surface area (TPSA) is 50.9 Å². The molecule has 1 aromatic heterocycles. The van der Waals surface area contributed by atoms with Crippen LogP contribution in [0.1, 0.15) is 38.2 Å². The molecule has 1 N–H and O–H groups in total. The first-order chi connectivity index (χ1) is 8.67. The zero-order valence-corrected chi connectivity index (χ0v) is 11.1. The van der Waals surface area contributed by atoms with Crippen molar-refractivity contribution in [2.75, 3.05) is 0 Å². The van der Waals surface area contributed by atoms with Crippen LogP contribution in [0.3, 0.4) is 0 Å². The van der Waals surface area contributed by atoms with E-state index in [0.29, 0.717) is 5.82 Å². The largest absolute Gasteiger partial charge is 0.388 e. The van der Waals surface area contributed by atoms with Crippen LogP contribution in [0.15, 0.2) is 24.3 Å². The first-order valence-corrected chi connectivity index (χ1v) is 6.31. The van der Waals surface area contributed by atoms with Gasteiger partial charge in [0.1, 0.15) is 6.61 Å². The number of rotatable bonds is 4. The van der Waals surface area contributed by atoms with Gasteiger partial charge in [0.15, 0.2) is 11.6 Å². The molecule has 0 saturated heterocycles. The van der Waals surface area contributed by atoms with Crippen molar-refractivity contribution in [2.45, 2.75) is 39.8 Å². The molecule has 0 saturated carbocycles. The van der Waals surface area contributed by atoms with Gasteiger partial charge in [-0.1, -0.05) is 31.2 Å². The second-order valence-electron chi connectivity index (χ2n) is 4.61. The Morgan fingerprint density at radius 1 is 1.17 bits per heavy atom. The van der Waals surface area contributed by atoms with E-state index in [4.69, 9.17) is 0 Å². The van der Waals surface area contributed by atoms with Crippen molar-refractivity contribution in [3.8, 4) is 11.4 Å². The van der Waals surface area contributed by atoms with Gasteiger partial charge < -0.3 is 9.67 Å². The number of aromatic nitrogens is 3. The van der Waals surface area contributed by atoms with Gasteiger partial charge in [0, 0.05) is 11.6 Å². The van der Waals surface area contributed by atoms with E-state index >= 15 is 0 Å². The summed E-state index contributed by atoms with van der Waals surface area (Å²) in [6, 6.07) is 8.55. The van der Waals surface area contributed by atoms with Crippen molar-refractivity contribution < 1.29 is 5.11 Å². The summed E-state index contributed by atoms with van der Waals surface area (Å²) in [6.45, 7) is 6.17. The minimum atomic E-state index is -0.0851. The van der Waals surface area contributed by atoms with Gasteiger partial charge in [-0.25, -0.2) is 0 Å². The maximum Gasteiger partial charge on any atom is 0.164 e. The van der Waals surface area contributed by atoms with Crippen LogP contribution in [-0.2, 0) is 13.0 Å². The second kappa shape index (κ2) is 5.31. The summed E-state index contributed by atoms with van der Waals surface area (Å²) in [5.74, 6) is 1.43. The van der Waals surface area contributed by atoms with Gasteiger partial charge in [-0.3, -0.25) is 0 Å². The second-order valence-corrected chi connectivity index (χ2v) is 4.61. The smallest absolute Gasteiger partial charge is 0.164 e. The van der Waals surface area contributed by atoms with Gasteiger partial charge in [0.2, 0.25) is 0 Å². The van der Waals surface area contributed by atoms with Crippen molar-refractivity contribution in [2.24, 2.45) is 0 Å². The lowest BCUT2D eigenvalue weighted by molar-refractivity contribution is 0.262. The lowest BCUT2D eigenvalue weighted by Crippen LogP contribution is -2.08. The normalized spacial score (nSPS) is 11.2. The Morgan fingerprint density at radius 3 is 2.33 bits per heavy atom. The van der Waals surface area contributed by atoms with Gasteiger partial charge in [-0.2, -0.15) is 0 Å². The fraction of sp³-hybridized carbons (Fsp3) is 0.429. The van der Waals surface area contributed by atoms with Gasteiger partial charge in [0.25, 0.3) is 0 Å². The fourth-order valence-electron chi connectivity index (χ4n) is 2.06. The molecule has 0 atom stereocenters. The molecular weight excluding hydrogens is 226 g/mol. The molecule has 0 unspecified atom stereocenters. The first-order valence-electron chi connectivity index (χ1n) is 6.31. The molecule has 0 aliphatic carbocycles. The van der Waals surface area contributed by atoms with Gasteiger partial charge in [0.05, 0.1) is 0 Å². The summed E-state index contributed by atoms with van der Waals surface area (Å²) in [5, 5.41) is 17.5. The summed E-state index contributed by atoms with van der Waals surface area (Å²) in [4.78, 5) is 0. The van der Waals surface area contributed by atoms with E-state index in [9.17, 15) is 5.11 Å². The zero-order chi connectivity index (χ0) is 13.1. The standard InChI is InChI=1S/C14H19N3O/c1-4-11-5-7-12(8-6-11)14-16-15-13(9-18)17(14)10(2)3/h5-8,10,18H,4,9H2,1-3H3. The fourth-order valence-corrected chi connectivity index (χ4v) is 2.06. The highest BCUT2D eigenvalue weighted by molar-refractivity contribution is 5.56. The molecule has 2 rings (SSSR count). The van der Waals surface area contributed by atoms with Crippen LogP contribution in [0, 0.1) is 0 Å². The van der Waals surface area contributed by atoms with Gasteiger partial charge in [-0.15, -0.1) is 10.2 Å². The number of nitrogens with zero attached hydrogens (tertiary/aromatic N) is 3. The van der Waals surface area contributed by atoms with Crippen LogP contribution in [0.5, 0.6) is 0 Å².